The predicted molar refractivity (Wildman–Crippen MR) is 85.3 cm³/mol. The summed E-state index contributed by atoms with van der Waals surface area (Å²) in [5, 5.41) is 3.19. The van der Waals surface area contributed by atoms with Crippen molar-refractivity contribution in [3.63, 3.8) is 0 Å². The third-order valence-electron chi connectivity index (χ3n) is 4.10. The molecular formula is C17H33NO3. The summed E-state index contributed by atoms with van der Waals surface area (Å²) < 4.78 is 10.7. The molecule has 4 nitrogen and oxygen atoms in total. The van der Waals surface area contributed by atoms with Gasteiger partial charge in [-0.05, 0) is 45.1 Å². The molecule has 0 aromatic carbocycles. The average molecular weight is 299 g/mol. The Morgan fingerprint density at radius 1 is 1.14 bits per heavy atom. The summed E-state index contributed by atoms with van der Waals surface area (Å²) in [5.41, 5.74) is 0. The second-order valence-electron chi connectivity index (χ2n) is 6.01. The fourth-order valence-electron chi connectivity index (χ4n) is 2.70. The summed E-state index contributed by atoms with van der Waals surface area (Å²) in [5.74, 6) is 0. The Morgan fingerprint density at radius 3 is 2.57 bits per heavy atom. The monoisotopic (exact) mass is 299 g/mol. The van der Waals surface area contributed by atoms with Crippen molar-refractivity contribution in [1.29, 1.82) is 0 Å². The van der Waals surface area contributed by atoms with Crippen molar-refractivity contribution in [3.8, 4) is 0 Å². The molecular weight excluding hydrogens is 266 g/mol. The molecule has 0 bridgehead atoms. The maximum absolute atomic E-state index is 11.8. The summed E-state index contributed by atoms with van der Waals surface area (Å²) in [4.78, 5) is 11.8. The normalized spacial score (nSPS) is 20.0. The minimum atomic E-state index is -0.507. The van der Waals surface area contributed by atoms with Gasteiger partial charge in [-0.3, -0.25) is 5.32 Å². The second kappa shape index (κ2) is 11.8. The highest BCUT2D eigenvalue weighted by Crippen LogP contribution is 2.14. The van der Waals surface area contributed by atoms with Crippen molar-refractivity contribution in [1.82, 2.24) is 5.32 Å². The van der Waals surface area contributed by atoms with Crippen LogP contribution < -0.4 is 5.32 Å². The molecule has 0 aliphatic carbocycles. The van der Waals surface area contributed by atoms with E-state index in [1.54, 1.807) is 0 Å². The van der Waals surface area contributed by atoms with Crippen molar-refractivity contribution >= 4 is 6.16 Å². The van der Waals surface area contributed by atoms with E-state index in [1.165, 1.54) is 32.1 Å². The summed E-state index contributed by atoms with van der Waals surface area (Å²) in [6, 6.07) is 0. The van der Waals surface area contributed by atoms with Gasteiger partial charge >= 0.3 is 6.16 Å². The van der Waals surface area contributed by atoms with Gasteiger partial charge in [-0.2, -0.15) is 0 Å². The third-order valence-corrected chi connectivity index (χ3v) is 4.10. The topological polar surface area (TPSA) is 47.6 Å². The molecule has 124 valence electrons. The average Bonchev–Trinajstić information content (AvgIpc) is 2.50. The molecule has 4 heteroatoms. The molecule has 0 spiro atoms. The van der Waals surface area contributed by atoms with Crippen LogP contribution >= 0.6 is 0 Å². The van der Waals surface area contributed by atoms with Crippen molar-refractivity contribution in [3.05, 3.63) is 0 Å². The van der Waals surface area contributed by atoms with Crippen LogP contribution in [0.3, 0.4) is 0 Å². The van der Waals surface area contributed by atoms with Crippen LogP contribution in [0.4, 0.5) is 4.79 Å². The number of carbonyl (C=O) groups excluding carboxylic acids is 1. The lowest BCUT2D eigenvalue weighted by atomic mass is 10.1. The van der Waals surface area contributed by atoms with E-state index in [9.17, 15) is 4.79 Å². The Morgan fingerprint density at radius 2 is 1.90 bits per heavy atom. The van der Waals surface area contributed by atoms with Gasteiger partial charge in [-0.25, -0.2) is 4.79 Å². The molecule has 0 aromatic rings. The van der Waals surface area contributed by atoms with Gasteiger partial charge in [0, 0.05) is 0 Å². The van der Waals surface area contributed by atoms with Crippen LogP contribution in [-0.4, -0.2) is 25.0 Å². The number of nitrogens with one attached hydrogen (secondary N) is 1. The minimum Gasteiger partial charge on any atom is -0.431 e. The second-order valence-corrected chi connectivity index (χ2v) is 6.01. The lowest BCUT2D eigenvalue weighted by Crippen LogP contribution is -2.38. The van der Waals surface area contributed by atoms with Crippen molar-refractivity contribution in [2.45, 2.75) is 96.8 Å². The van der Waals surface area contributed by atoms with Crippen molar-refractivity contribution < 1.29 is 14.3 Å². The summed E-state index contributed by atoms with van der Waals surface area (Å²) in [7, 11) is 0. The molecule has 0 saturated carbocycles. The van der Waals surface area contributed by atoms with Crippen LogP contribution in [0.1, 0.15) is 84.5 Å². The lowest BCUT2D eigenvalue weighted by Gasteiger charge is -2.24. The number of ether oxygens (including phenoxy) is 2. The lowest BCUT2D eigenvalue weighted by molar-refractivity contribution is -0.0209. The Bertz CT molecular complexity index is 265. The van der Waals surface area contributed by atoms with E-state index >= 15 is 0 Å². The zero-order valence-electron chi connectivity index (χ0n) is 13.9. The zero-order chi connectivity index (χ0) is 15.3. The van der Waals surface area contributed by atoms with Crippen molar-refractivity contribution in [2.75, 3.05) is 6.54 Å². The van der Waals surface area contributed by atoms with E-state index in [2.05, 4.69) is 19.2 Å². The van der Waals surface area contributed by atoms with Gasteiger partial charge < -0.3 is 9.47 Å². The van der Waals surface area contributed by atoms with E-state index in [-0.39, 0.29) is 12.3 Å². The Labute approximate surface area is 130 Å². The van der Waals surface area contributed by atoms with Gasteiger partial charge in [-0.15, -0.1) is 0 Å². The predicted octanol–water partition coefficient (Wildman–Crippen LogP) is 4.77. The first-order chi connectivity index (χ1) is 10.3. The van der Waals surface area contributed by atoms with E-state index in [0.29, 0.717) is 0 Å². The Hall–Kier alpha value is -0.770. The van der Waals surface area contributed by atoms with E-state index in [0.717, 1.165) is 45.1 Å². The van der Waals surface area contributed by atoms with E-state index in [1.807, 2.05) is 0 Å². The molecule has 1 heterocycles. The molecule has 1 aliphatic heterocycles. The fraction of sp³-hybridized carbons (Fsp3) is 0.941. The molecule has 2 atom stereocenters. The van der Waals surface area contributed by atoms with Crippen LogP contribution in [0.2, 0.25) is 0 Å². The van der Waals surface area contributed by atoms with Gasteiger partial charge in [0.05, 0.1) is 0 Å². The molecule has 1 aliphatic rings. The summed E-state index contributed by atoms with van der Waals surface area (Å²) in [6.45, 7) is 5.22. The Balaban J connectivity index is 2.09. The highest BCUT2D eigenvalue weighted by atomic mass is 16.7. The van der Waals surface area contributed by atoms with Gasteiger partial charge in [-0.1, -0.05) is 46.0 Å². The Kier molecular flexibility index (Phi) is 10.3. The van der Waals surface area contributed by atoms with E-state index < -0.39 is 6.16 Å². The zero-order valence-corrected chi connectivity index (χ0v) is 13.9. The molecule has 0 aromatic heterocycles. The number of carbonyl (C=O) groups is 1. The van der Waals surface area contributed by atoms with Gasteiger partial charge in [0.2, 0.25) is 0 Å². The molecule has 1 saturated heterocycles. The summed E-state index contributed by atoms with van der Waals surface area (Å²) >= 11 is 0. The van der Waals surface area contributed by atoms with Crippen molar-refractivity contribution in [2.24, 2.45) is 0 Å². The maximum atomic E-state index is 11.8. The largest absolute Gasteiger partial charge is 0.510 e. The first-order valence-corrected chi connectivity index (χ1v) is 8.86. The molecule has 0 radical (unpaired) electrons. The highest BCUT2D eigenvalue weighted by Gasteiger charge is 2.20. The number of unbranched alkanes of at least 4 members (excludes halogenated alkanes) is 5. The molecule has 0 amide bonds. The number of rotatable bonds is 10. The first-order valence-electron chi connectivity index (χ1n) is 8.86. The number of piperidine rings is 1. The van der Waals surface area contributed by atoms with Crippen LogP contribution in [-0.2, 0) is 9.47 Å². The number of hydrogen-bond donors (Lipinski definition) is 1. The van der Waals surface area contributed by atoms with Gasteiger partial charge in [0.15, 0.2) is 6.23 Å². The van der Waals surface area contributed by atoms with Crippen LogP contribution in [0.15, 0.2) is 0 Å². The number of hydrogen-bond acceptors (Lipinski definition) is 4. The maximum Gasteiger partial charge on any atom is 0.510 e. The first kappa shape index (κ1) is 18.3. The van der Waals surface area contributed by atoms with E-state index in [4.69, 9.17) is 9.47 Å². The minimum absolute atomic E-state index is 0.00673. The van der Waals surface area contributed by atoms with Gasteiger partial charge in [0.1, 0.15) is 6.10 Å². The highest BCUT2D eigenvalue weighted by molar-refractivity contribution is 5.60. The molecule has 2 unspecified atom stereocenters. The smallest absolute Gasteiger partial charge is 0.431 e. The van der Waals surface area contributed by atoms with Crippen LogP contribution in [0.25, 0.3) is 0 Å². The van der Waals surface area contributed by atoms with Crippen LogP contribution in [0, 0.1) is 0 Å². The molecule has 1 fully saturated rings. The SMILES string of the molecule is CCCCCCCCC(CC)OC(=O)OC1CCCCN1. The molecule has 21 heavy (non-hydrogen) atoms. The quantitative estimate of drug-likeness (QED) is 0.466. The van der Waals surface area contributed by atoms with Gasteiger partial charge in [0.25, 0.3) is 0 Å². The molecule has 1 N–H and O–H groups in total. The molecule has 1 rings (SSSR count). The third kappa shape index (κ3) is 8.97. The standard InChI is InChI=1S/C17H33NO3/c1-3-5-6-7-8-9-12-15(4-2)20-17(19)21-16-13-10-11-14-18-16/h15-16,18H,3-14H2,1-2H3. The summed E-state index contributed by atoms with van der Waals surface area (Å²) in [6.07, 6.45) is 11.9. The van der Waals surface area contributed by atoms with Crippen LogP contribution in [0.5, 0.6) is 0 Å². The fourth-order valence-corrected chi connectivity index (χ4v) is 2.70.